The average molecular weight is 340 g/mol. The highest BCUT2D eigenvalue weighted by molar-refractivity contribution is 5.98. The van der Waals surface area contributed by atoms with Gasteiger partial charge < -0.3 is 5.11 Å². The third-order valence-electron chi connectivity index (χ3n) is 4.12. The van der Waals surface area contributed by atoms with E-state index in [1.165, 1.54) is 12.1 Å². The van der Waals surface area contributed by atoms with E-state index in [4.69, 9.17) is 0 Å². The lowest BCUT2D eigenvalue weighted by Gasteiger charge is -2.12. The normalized spacial score (nSPS) is 19.4. The van der Waals surface area contributed by atoms with E-state index >= 15 is 0 Å². The maximum Gasteiger partial charge on any atom is 0.273 e. The number of nitrogens with one attached hydrogen (secondary N) is 4. The minimum Gasteiger partial charge on any atom is -0.507 e. The molecule has 5 N–H and O–H groups in total. The molecule has 130 valence electrons. The zero-order valence-corrected chi connectivity index (χ0v) is 13.7. The van der Waals surface area contributed by atoms with E-state index < -0.39 is 11.9 Å². The van der Waals surface area contributed by atoms with Crippen molar-refractivity contribution in [2.45, 2.75) is 25.4 Å². The molecule has 2 aromatic carbocycles. The topological polar surface area (TPSA) is 102 Å². The Morgan fingerprint density at radius 1 is 1.08 bits per heavy atom. The van der Waals surface area contributed by atoms with Gasteiger partial charge in [0.05, 0.1) is 5.56 Å². The van der Waals surface area contributed by atoms with Crippen LogP contribution in [0.5, 0.6) is 5.75 Å². The van der Waals surface area contributed by atoms with Crippen LogP contribution in [-0.2, 0) is 4.79 Å². The van der Waals surface area contributed by atoms with Gasteiger partial charge in [-0.05, 0) is 36.6 Å². The summed E-state index contributed by atoms with van der Waals surface area (Å²) in [4.78, 5) is 24.3. The van der Waals surface area contributed by atoms with E-state index in [0.29, 0.717) is 6.42 Å². The summed E-state index contributed by atoms with van der Waals surface area (Å²) in [7, 11) is 0. The van der Waals surface area contributed by atoms with Gasteiger partial charge in [-0.25, -0.2) is 10.9 Å². The molecule has 0 aromatic heterocycles. The van der Waals surface area contributed by atoms with Crippen LogP contribution in [0.4, 0.5) is 0 Å². The lowest BCUT2D eigenvalue weighted by molar-refractivity contribution is -0.123. The molecule has 0 radical (unpaired) electrons. The van der Waals surface area contributed by atoms with E-state index in [1.54, 1.807) is 6.07 Å². The van der Waals surface area contributed by atoms with Crippen LogP contribution >= 0.6 is 0 Å². The molecule has 1 fully saturated rings. The fraction of sp³-hybridized carbons (Fsp3) is 0.222. The first-order valence-corrected chi connectivity index (χ1v) is 8.00. The molecule has 2 atom stereocenters. The number of carbonyl (C=O) groups excluding carboxylic acids is 2. The monoisotopic (exact) mass is 340 g/mol. The molecule has 1 saturated heterocycles. The second-order valence-electron chi connectivity index (χ2n) is 6.00. The Bertz CT molecular complexity index is 779. The molecule has 7 heteroatoms. The van der Waals surface area contributed by atoms with Gasteiger partial charge in [0.1, 0.15) is 11.8 Å². The number of benzene rings is 2. The summed E-state index contributed by atoms with van der Waals surface area (Å²) >= 11 is 0. The van der Waals surface area contributed by atoms with Gasteiger partial charge in [-0.2, -0.15) is 0 Å². The van der Waals surface area contributed by atoms with Crippen molar-refractivity contribution in [1.29, 1.82) is 0 Å². The fourth-order valence-electron chi connectivity index (χ4n) is 2.74. The first kappa shape index (κ1) is 16.9. The number of phenolic OH excluding ortho intramolecular Hbond substituents is 1. The van der Waals surface area contributed by atoms with Crippen LogP contribution in [0, 0.1) is 6.92 Å². The molecule has 25 heavy (non-hydrogen) atoms. The Balaban J connectivity index is 1.54. The standard InChI is InChI=1S/C18H20N4O3/c1-11-7-8-13(16(23)9-11)17(24)21-22-18(25)15-10-14(19-20-15)12-5-3-2-4-6-12/h2-9,14-15,19-20,23H,10H2,1H3,(H,21,24)(H,22,25). The van der Waals surface area contributed by atoms with Crippen molar-refractivity contribution in [3.63, 3.8) is 0 Å². The summed E-state index contributed by atoms with van der Waals surface area (Å²) in [6.07, 6.45) is 0.557. The van der Waals surface area contributed by atoms with Gasteiger partial charge in [0.25, 0.3) is 11.8 Å². The highest BCUT2D eigenvalue weighted by Gasteiger charge is 2.30. The number of hydrogen-bond donors (Lipinski definition) is 5. The first-order chi connectivity index (χ1) is 12.0. The Hall–Kier alpha value is -2.90. The van der Waals surface area contributed by atoms with Gasteiger partial charge >= 0.3 is 0 Å². The number of aryl methyl sites for hydroxylation is 1. The lowest BCUT2D eigenvalue weighted by atomic mass is 10.0. The highest BCUT2D eigenvalue weighted by atomic mass is 16.3. The first-order valence-electron chi connectivity index (χ1n) is 8.00. The molecule has 3 rings (SSSR count). The van der Waals surface area contributed by atoms with E-state index in [9.17, 15) is 14.7 Å². The second kappa shape index (κ2) is 7.33. The molecular formula is C18H20N4O3. The Morgan fingerprint density at radius 2 is 1.84 bits per heavy atom. The van der Waals surface area contributed by atoms with Gasteiger partial charge in [0, 0.05) is 6.04 Å². The maximum absolute atomic E-state index is 12.2. The molecular weight excluding hydrogens is 320 g/mol. The molecule has 0 spiro atoms. The van der Waals surface area contributed by atoms with E-state index in [1.807, 2.05) is 37.3 Å². The van der Waals surface area contributed by atoms with Crippen LogP contribution in [0.25, 0.3) is 0 Å². The summed E-state index contributed by atoms with van der Waals surface area (Å²) < 4.78 is 0. The summed E-state index contributed by atoms with van der Waals surface area (Å²) in [5.74, 6) is -1.06. The van der Waals surface area contributed by atoms with Crippen LogP contribution in [0.1, 0.15) is 33.9 Å². The average Bonchev–Trinajstić information content (AvgIpc) is 3.10. The Kier molecular flexibility index (Phi) is 4.97. The summed E-state index contributed by atoms with van der Waals surface area (Å²) in [6, 6.07) is 14.1. The molecule has 1 aliphatic heterocycles. The number of carbonyl (C=O) groups is 2. The molecule has 0 bridgehead atoms. The predicted molar refractivity (Wildman–Crippen MR) is 92.3 cm³/mol. The molecule has 1 aliphatic rings. The van der Waals surface area contributed by atoms with Crippen molar-refractivity contribution in [2.24, 2.45) is 0 Å². The van der Waals surface area contributed by atoms with Gasteiger partial charge in [0.2, 0.25) is 0 Å². The predicted octanol–water partition coefficient (Wildman–Crippen LogP) is 1.07. The SMILES string of the molecule is Cc1ccc(C(=O)NNC(=O)C2CC(c3ccccc3)NN2)c(O)c1. The van der Waals surface area contributed by atoms with Crippen molar-refractivity contribution in [3.05, 3.63) is 65.2 Å². The largest absolute Gasteiger partial charge is 0.507 e. The minimum absolute atomic E-state index is 0.0220. The molecule has 2 unspecified atom stereocenters. The van der Waals surface area contributed by atoms with Crippen molar-refractivity contribution in [3.8, 4) is 5.75 Å². The number of amides is 2. The third kappa shape index (κ3) is 3.96. The smallest absolute Gasteiger partial charge is 0.273 e. The molecule has 1 heterocycles. The molecule has 7 nitrogen and oxygen atoms in total. The quantitative estimate of drug-likeness (QED) is 0.538. The van der Waals surface area contributed by atoms with Gasteiger partial charge in [-0.3, -0.25) is 20.4 Å². The minimum atomic E-state index is -0.573. The van der Waals surface area contributed by atoms with Crippen LogP contribution in [0.2, 0.25) is 0 Å². The molecule has 2 aromatic rings. The van der Waals surface area contributed by atoms with Gasteiger partial charge in [0.15, 0.2) is 0 Å². The van der Waals surface area contributed by atoms with Gasteiger partial charge in [-0.15, -0.1) is 0 Å². The van der Waals surface area contributed by atoms with Crippen LogP contribution in [0.3, 0.4) is 0 Å². The second-order valence-corrected chi connectivity index (χ2v) is 6.00. The zero-order valence-electron chi connectivity index (χ0n) is 13.7. The molecule has 2 amide bonds. The van der Waals surface area contributed by atoms with Crippen molar-refractivity contribution in [1.82, 2.24) is 21.7 Å². The zero-order chi connectivity index (χ0) is 17.8. The number of rotatable bonds is 3. The van der Waals surface area contributed by atoms with Crippen molar-refractivity contribution >= 4 is 11.8 Å². The Labute approximate surface area is 145 Å². The summed E-state index contributed by atoms with van der Waals surface area (Å²) in [6.45, 7) is 1.81. The number of phenols is 1. The van der Waals surface area contributed by atoms with E-state index in [-0.39, 0.29) is 23.3 Å². The van der Waals surface area contributed by atoms with Crippen LogP contribution in [-0.4, -0.2) is 23.0 Å². The third-order valence-corrected chi connectivity index (χ3v) is 4.12. The number of hydrazine groups is 2. The van der Waals surface area contributed by atoms with Crippen molar-refractivity contribution < 1.29 is 14.7 Å². The van der Waals surface area contributed by atoms with Gasteiger partial charge in [-0.1, -0.05) is 36.4 Å². The van der Waals surface area contributed by atoms with E-state index in [2.05, 4.69) is 21.7 Å². The fourth-order valence-corrected chi connectivity index (χ4v) is 2.74. The summed E-state index contributed by atoms with van der Waals surface area (Å²) in [5, 5.41) is 9.80. The van der Waals surface area contributed by atoms with Crippen molar-refractivity contribution in [2.75, 3.05) is 0 Å². The Morgan fingerprint density at radius 3 is 2.56 bits per heavy atom. The summed E-state index contributed by atoms with van der Waals surface area (Å²) in [5.41, 5.74) is 12.7. The number of hydrogen-bond acceptors (Lipinski definition) is 5. The number of aromatic hydroxyl groups is 1. The molecule has 0 aliphatic carbocycles. The van der Waals surface area contributed by atoms with Crippen LogP contribution < -0.4 is 21.7 Å². The molecule has 0 saturated carbocycles. The lowest BCUT2D eigenvalue weighted by Crippen LogP contribution is -2.50. The van der Waals surface area contributed by atoms with Crippen LogP contribution in [0.15, 0.2) is 48.5 Å². The maximum atomic E-state index is 12.2. The highest BCUT2D eigenvalue weighted by Crippen LogP contribution is 2.22. The van der Waals surface area contributed by atoms with E-state index in [0.717, 1.165) is 11.1 Å².